The van der Waals surface area contributed by atoms with E-state index in [1.165, 1.54) is 30.4 Å². The third kappa shape index (κ3) is 2.99. The number of aryl methyl sites for hydroxylation is 1. The van der Waals surface area contributed by atoms with Crippen molar-refractivity contribution < 1.29 is 4.74 Å². The molecule has 20 heavy (non-hydrogen) atoms. The van der Waals surface area contributed by atoms with E-state index in [9.17, 15) is 0 Å². The molecule has 0 aromatic heterocycles. The summed E-state index contributed by atoms with van der Waals surface area (Å²) in [6.07, 6.45) is 3.83. The lowest BCUT2D eigenvalue weighted by Crippen LogP contribution is -2.39. The molecule has 0 radical (unpaired) electrons. The maximum Gasteiger partial charge on any atom is 0.123 e. The van der Waals surface area contributed by atoms with E-state index in [4.69, 9.17) is 10.5 Å². The Morgan fingerprint density at radius 3 is 2.80 bits per heavy atom. The first-order valence-corrected chi connectivity index (χ1v) is 7.65. The van der Waals surface area contributed by atoms with Crippen LogP contribution in [0.3, 0.4) is 0 Å². The van der Waals surface area contributed by atoms with Crippen molar-refractivity contribution >= 4 is 0 Å². The first-order valence-electron chi connectivity index (χ1n) is 7.65. The Kier molecular flexibility index (Phi) is 5.06. The largest absolute Gasteiger partial charge is 0.496 e. The van der Waals surface area contributed by atoms with Crippen molar-refractivity contribution in [2.24, 2.45) is 11.7 Å². The summed E-state index contributed by atoms with van der Waals surface area (Å²) in [5.41, 5.74) is 8.49. The summed E-state index contributed by atoms with van der Waals surface area (Å²) in [4.78, 5) is 2.49. The molecule has 0 heterocycles. The second kappa shape index (κ2) is 6.59. The summed E-state index contributed by atoms with van der Waals surface area (Å²) in [5, 5.41) is 0. The standard InChI is InChI=1S/C17H28N2O/c1-12-8-9-17(20-4)15(10-12)13(2)19(3)16-7-5-6-14(16)11-18/h8-10,13-14,16H,5-7,11,18H2,1-4H3. The Labute approximate surface area is 123 Å². The number of ether oxygens (including phenoxy) is 1. The van der Waals surface area contributed by atoms with Crippen molar-refractivity contribution in [3.63, 3.8) is 0 Å². The minimum atomic E-state index is 0.349. The molecule has 1 aliphatic rings. The normalized spacial score (nSPS) is 24.1. The topological polar surface area (TPSA) is 38.5 Å². The van der Waals surface area contributed by atoms with Crippen molar-refractivity contribution in [1.29, 1.82) is 0 Å². The predicted molar refractivity (Wildman–Crippen MR) is 84.1 cm³/mol. The van der Waals surface area contributed by atoms with Crippen molar-refractivity contribution in [2.75, 3.05) is 20.7 Å². The lowest BCUT2D eigenvalue weighted by molar-refractivity contribution is 0.150. The molecule has 1 aliphatic carbocycles. The number of hydrogen-bond acceptors (Lipinski definition) is 3. The van der Waals surface area contributed by atoms with Crippen LogP contribution in [0.5, 0.6) is 5.75 Å². The maximum atomic E-state index is 5.93. The number of nitrogens with two attached hydrogens (primary N) is 1. The van der Waals surface area contributed by atoms with Crippen LogP contribution in [0.25, 0.3) is 0 Å². The number of nitrogens with zero attached hydrogens (tertiary/aromatic N) is 1. The molecule has 0 bridgehead atoms. The molecule has 0 amide bonds. The first kappa shape index (κ1) is 15.3. The van der Waals surface area contributed by atoms with Gasteiger partial charge in [0.2, 0.25) is 0 Å². The molecule has 112 valence electrons. The van der Waals surface area contributed by atoms with Crippen LogP contribution in [-0.2, 0) is 0 Å². The van der Waals surface area contributed by atoms with Gasteiger partial charge in [0.1, 0.15) is 5.75 Å². The average Bonchev–Trinajstić information content (AvgIpc) is 2.94. The van der Waals surface area contributed by atoms with Crippen LogP contribution in [0, 0.1) is 12.8 Å². The summed E-state index contributed by atoms with van der Waals surface area (Å²) in [6, 6.07) is 7.37. The van der Waals surface area contributed by atoms with Gasteiger partial charge in [0.05, 0.1) is 7.11 Å². The van der Waals surface area contributed by atoms with Gasteiger partial charge in [0, 0.05) is 17.6 Å². The maximum absolute atomic E-state index is 5.93. The van der Waals surface area contributed by atoms with Gasteiger partial charge in [-0.05, 0) is 52.3 Å². The predicted octanol–water partition coefficient (Wildman–Crippen LogP) is 3.12. The fourth-order valence-corrected chi connectivity index (χ4v) is 3.52. The van der Waals surface area contributed by atoms with Crippen molar-refractivity contribution in [3.05, 3.63) is 29.3 Å². The van der Waals surface area contributed by atoms with Gasteiger partial charge in [-0.1, -0.05) is 24.1 Å². The Bertz CT molecular complexity index is 447. The molecule has 1 saturated carbocycles. The Morgan fingerprint density at radius 2 is 2.15 bits per heavy atom. The van der Waals surface area contributed by atoms with E-state index in [0.29, 0.717) is 18.0 Å². The van der Waals surface area contributed by atoms with Crippen molar-refractivity contribution in [3.8, 4) is 5.75 Å². The molecule has 1 aromatic rings. The molecule has 3 heteroatoms. The molecule has 3 nitrogen and oxygen atoms in total. The van der Waals surface area contributed by atoms with Gasteiger partial charge in [-0.2, -0.15) is 0 Å². The third-order valence-corrected chi connectivity index (χ3v) is 4.89. The van der Waals surface area contributed by atoms with Gasteiger partial charge in [-0.25, -0.2) is 0 Å². The number of rotatable bonds is 5. The van der Waals surface area contributed by atoms with E-state index in [2.05, 4.69) is 44.0 Å². The summed E-state index contributed by atoms with van der Waals surface area (Å²) < 4.78 is 5.54. The lowest BCUT2D eigenvalue weighted by atomic mass is 9.97. The van der Waals surface area contributed by atoms with Gasteiger partial charge in [0.25, 0.3) is 0 Å². The monoisotopic (exact) mass is 276 g/mol. The quantitative estimate of drug-likeness (QED) is 0.898. The highest BCUT2D eigenvalue weighted by atomic mass is 16.5. The van der Waals surface area contributed by atoms with E-state index in [1.807, 2.05) is 0 Å². The van der Waals surface area contributed by atoms with Crippen LogP contribution in [0.1, 0.15) is 43.4 Å². The SMILES string of the molecule is COc1ccc(C)cc1C(C)N(C)C1CCCC1CN. The molecule has 0 aliphatic heterocycles. The molecule has 1 fully saturated rings. The Hall–Kier alpha value is -1.06. The minimum absolute atomic E-state index is 0.349. The zero-order valence-electron chi connectivity index (χ0n) is 13.2. The summed E-state index contributed by atoms with van der Waals surface area (Å²) >= 11 is 0. The van der Waals surface area contributed by atoms with Crippen LogP contribution in [0.4, 0.5) is 0 Å². The highest BCUT2D eigenvalue weighted by molar-refractivity contribution is 5.39. The Balaban J connectivity index is 2.21. The molecule has 3 unspecified atom stereocenters. The number of benzene rings is 1. The van der Waals surface area contributed by atoms with Crippen molar-refractivity contribution in [1.82, 2.24) is 4.90 Å². The van der Waals surface area contributed by atoms with Gasteiger partial charge in [0.15, 0.2) is 0 Å². The lowest BCUT2D eigenvalue weighted by Gasteiger charge is -2.35. The second-order valence-corrected chi connectivity index (χ2v) is 6.08. The average molecular weight is 276 g/mol. The fourth-order valence-electron chi connectivity index (χ4n) is 3.52. The zero-order valence-corrected chi connectivity index (χ0v) is 13.2. The van der Waals surface area contributed by atoms with Crippen LogP contribution in [-0.4, -0.2) is 31.6 Å². The number of hydrogen-bond donors (Lipinski definition) is 1. The molecular formula is C17H28N2O. The van der Waals surface area contributed by atoms with E-state index in [-0.39, 0.29) is 0 Å². The van der Waals surface area contributed by atoms with Gasteiger partial charge in [-0.3, -0.25) is 4.90 Å². The highest BCUT2D eigenvalue weighted by Gasteiger charge is 2.32. The number of methoxy groups -OCH3 is 1. The smallest absolute Gasteiger partial charge is 0.123 e. The van der Waals surface area contributed by atoms with Crippen molar-refractivity contribution in [2.45, 2.75) is 45.2 Å². The molecular weight excluding hydrogens is 248 g/mol. The van der Waals surface area contributed by atoms with Gasteiger partial charge in [-0.15, -0.1) is 0 Å². The van der Waals surface area contributed by atoms with Crippen LogP contribution in [0.2, 0.25) is 0 Å². The molecule has 1 aromatic carbocycles. The molecule has 0 saturated heterocycles. The first-order chi connectivity index (χ1) is 9.58. The molecule has 3 atom stereocenters. The third-order valence-electron chi connectivity index (χ3n) is 4.89. The van der Waals surface area contributed by atoms with Gasteiger partial charge < -0.3 is 10.5 Å². The zero-order chi connectivity index (χ0) is 14.7. The summed E-state index contributed by atoms with van der Waals surface area (Å²) in [7, 11) is 3.98. The van der Waals surface area contributed by atoms with E-state index >= 15 is 0 Å². The molecule has 0 spiro atoms. The second-order valence-electron chi connectivity index (χ2n) is 6.08. The van der Waals surface area contributed by atoms with Crippen LogP contribution >= 0.6 is 0 Å². The highest BCUT2D eigenvalue weighted by Crippen LogP contribution is 2.36. The van der Waals surface area contributed by atoms with E-state index in [1.54, 1.807) is 7.11 Å². The van der Waals surface area contributed by atoms with E-state index in [0.717, 1.165) is 12.3 Å². The van der Waals surface area contributed by atoms with E-state index < -0.39 is 0 Å². The van der Waals surface area contributed by atoms with Crippen LogP contribution in [0.15, 0.2) is 18.2 Å². The minimum Gasteiger partial charge on any atom is -0.496 e. The van der Waals surface area contributed by atoms with Crippen LogP contribution < -0.4 is 10.5 Å². The fraction of sp³-hybridized carbons (Fsp3) is 0.647. The molecule has 2 rings (SSSR count). The molecule has 2 N–H and O–H groups in total. The Morgan fingerprint density at radius 1 is 1.40 bits per heavy atom. The van der Waals surface area contributed by atoms with Gasteiger partial charge >= 0.3 is 0 Å². The summed E-state index contributed by atoms with van der Waals surface area (Å²) in [6.45, 7) is 5.20. The summed E-state index contributed by atoms with van der Waals surface area (Å²) in [5.74, 6) is 1.62.